The van der Waals surface area contributed by atoms with Crippen LogP contribution in [0.15, 0.2) is 27.4 Å². The van der Waals surface area contributed by atoms with E-state index in [1.54, 1.807) is 12.1 Å². The molecule has 1 fully saturated rings. The molecular weight excluding hydrogens is 306 g/mol. The van der Waals surface area contributed by atoms with Crippen molar-refractivity contribution < 1.29 is 14.6 Å². The standard InChI is InChI=1S/C19H25NO4/c1-2-13-9-16-14(10-19(23)24-18(16)11-17(13)22)12-20(15-5-6-15)7-3-4-8-21/h9-11,15,21-22H,2-8,12H2,1H3. The van der Waals surface area contributed by atoms with Crippen molar-refractivity contribution in [3.63, 3.8) is 0 Å². The third kappa shape index (κ3) is 3.79. The molecule has 24 heavy (non-hydrogen) atoms. The monoisotopic (exact) mass is 331 g/mol. The Balaban J connectivity index is 1.93. The van der Waals surface area contributed by atoms with Crippen molar-refractivity contribution in [2.24, 2.45) is 0 Å². The predicted molar refractivity (Wildman–Crippen MR) is 93.3 cm³/mol. The number of phenolic OH excluding ortho intramolecular Hbond substituents is 1. The minimum Gasteiger partial charge on any atom is -0.508 e. The van der Waals surface area contributed by atoms with Gasteiger partial charge in [-0.1, -0.05) is 6.92 Å². The van der Waals surface area contributed by atoms with Crippen LogP contribution >= 0.6 is 0 Å². The fourth-order valence-corrected chi connectivity index (χ4v) is 3.20. The van der Waals surface area contributed by atoms with E-state index in [0.717, 1.165) is 42.3 Å². The summed E-state index contributed by atoms with van der Waals surface area (Å²) < 4.78 is 5.27. The van der Waals surface area contributed by atoms with Gasteiger partial charge in [-0.15, -0.1) is 0 Å². The number of benzene rings is 1. The molecule has 3 rings (SSSR count). The zero-order valence-corrected chi connectivity index (χ0v) is 14.1. The summed E-state index contributed by atoms with van der Waals surface area (Å²) in [6, 6.07) is 5.63. The number of aromatic hydroxyl groups is 1. The summed E-state index contributed by atoms with van der Waals surface area (Å²) in [6.45, 7) is 3.83. The van der Waals surface area contributed by atoms with Crippen molar-refractivity contribution in [3.05, 3.63) is 39.7 Å². The quantitative estimate of drug-likeness (QED) is 0.575. The first-order valence-electron chi connectivity index (χ1n) is 8.76. The smallest absolute Gasteiger partial charge is 0.336 e. The van der Waals surface area contributed by atoms with E-state index in [9.17, 15) is 9.90 Å². The van der Waals surface area contributed by atoms with Crippen molar-refractivity contribution in [3.8, 4) is 5.75 Å². The molecule has 0 atom stereocenters. The van der Waals surface area contributed by atoms with Gasteiger partial charge in [-0.05, 0) is 55.8 Å². The average Bonchev–Trinajstić information content (AvgIpc) is 3.38. The highest BCUT2D eigenvalue weighted by molar-refractivity contribution is 5.82. The van der Waals surface area contributed by atoms with Crippen LogP contribution in [0.3, 0.4) is 0 Å². The van der Waals surface area contributed by atoms with E-state index in [1.807, 2.05) is 13.0 Å². The number of unbranched alkanes of at least 4 members (excludes halogenated alkanes) is 1. The Morgan fingerprint density at radius 1 is 1.21 bits per heavy atom. The van der Waals surface area contributed by atoms with Gasteiger partial charge >= 0.3 is 5.63 Å². The van der Waals surface area contributed by atoms with Gasteiger partial charge in [0.2, 0.25) is 0 Å². The largest absolute Gasteiger partial charge is 0.508 e. The zero-order valence-electron chi connectivity index (χ0n) is 14.1. The summed E-state index contributed by atoms with van der Waals surface area (Å²) in [5.74, 6) is 0.173. The maximum atomic E-state index is 11.9. The maximum Gasteiger partial charge on any atom is 0.336 e. The van der Waals surface area contributed by atoms with Gasteiger partial charge in [0.1, 0.15) is 11.3 Å². The van der Waals surface area contributed by atoms with Crippen molar-refractivity contribution in [2.45, 2.75) is 51.6 Å². The second-order valence-corrected chi connectivity index (χ2v) is 6.55. The van der Waals surface area contributed by atoms with E-state index >= 15 is 0 Å². The number of fused-ring (bicyclic) bond motifs is 1. The third-order valence-electron chi connectivity index (χ3n) is 4.70. The summed E-state index contributed by atoms with van der Waals surface area (Å²) >= 11 is 0. The van der Waals surface area contributed by atoms with Crippen LogP contribution in [0.2, 0.25) is 0 Å². The number of aliphatic hydroxyl groups excluding tert-OH is 1. The number of phenols is 1. The van der Waals surface area contributed by atoms with Crippen LogP contribution in [0, 0.1) is 0 Å². The fraction of sp³-hybridized carbons (Fsp3) is 0.526. The number of aliphatic hydroxyl groups is 1. The molecule has 1 saturated carbocycles. The van der Waals surface area contributed by atoms with E-state index in [4.69, 9.17) is 9.52 Å². The average molecular weight is 331 g/mol. The second kappa shape index (κ2) is 7.36. The van der Waals surface area contributed by atoms with Crippen molar-refractivity contribution in [1.29, 1.82) is 0 Å². The topological polar surface area (TPSA) is 73.9 Å². The zero-order chi connectivity index (χ0) is 17.1. The minimum absolute atomic E-state index is 0.173. The van der Waals surface area contributed by atoms with E-state index in [1.165, 1.54) is 12.8 Å². The van der Waals surface area contributed by atoms with E-state index < -0.39 is 0 Å². The van der Waals surface area contributed by atoms with Gasteiger partial charge in [-0.2, -0.15) is 0 Å². The van der Waals surface area contributed by atoms with Gasteiger partial charge in [0.25, 0.3) is 0 Å². The molecule has 0 bridgehead atoms. The van der Waals surface area contributed by atoms with Crippen LogP contribution in [-0.2, 0) is 13.0 Å². The maximum absolute atomic E-state index is 11.9. The lowest BCUT2D eigenvalue weighted by atomic mass is 10.0. The molecule has 5 heteroatoms. The Labute approximate surface area is 141 Å². The van der Waals surface area contributed by atoms with Crippen LogP contribution in [0.4, 0.5) is 0 Å². The fourth-order valence-electron chi connectivity index (χ4n) is 3.20. The first kappa shape index (κ1) is 17.0. The summed E-state index contributed by atoms with van der Waals surface area (Å²) in [5.41, 5.74) is 1.87. The lowest BCUT2D eigenvalue weighted by molar-refractivity contribution is 0.229. The molecule has 0 unspecified atom stereocenters. The Morgan fingerprint density at radius 2 is 2.00 bits per heavy atom. The molecule has 1 aliphatic carbocycles. The molecular formula is C19H25NO4. The van der Waals surface area contributed by atoms with Crippen LogP contribution in [0.1, 0.15) is 43.7 Å². The number of hydrogen-bond donors (Lipinski definition) is 2. The Kier molecular flexibility index (Phi) is 5.21. The minimum atomic E-state index is -0.382. The molecule has 0 aliphatic heterocycles. The van der Waals surface area contributed by atoms with Gasteiger partial charge in [-0.3, -0.25) is 4.90 Å². The van der Waals surface area contributed by atoms with Crippen LogP contribution in [0.5, 0.6) is 5.75 Å². The van der Waals surface area contributed by atoms with E-state index in [-0.39, 0.29) is 18.0 Å². The molecule has 0 radical (unpaired) electrons. The number of hydrogen-bond acceptors (Lipinski definition) is 5. The number of aryl methyl sites for hydroxylation is 1. The Hall–Kier alpha value is -1.85. The van der Waals surface area contributed by atoms with Crippen molar-refractivity contribution in [1.82, 2.24) is 4.90 Å². The van der Waals surface area contributed by atoms with Gasteiger partial charge in [0, 0.05) is 36.7 Å². The third-order valence-corrected chi connectivity index (χ3v) is 4.70. The second-order valence-electron chi connectivity index (χ2n) is 6.55. The summed E-state index contributed by atoms with van der Waals surface area (Å²) in [4.78, 5) is 14.3. The Bertz CT molecular complexity index is 764. The van der Waals surface area contributed by atoms with Gasteiger partial charge in [0.05, 0.1) is 0 Å². The summed E-state index contributed by atoms with van der Waals surface area (Å²) in [7, 11) is 0. The van der Waals surface area contributed by atoms with Crippen LogP contribution < -0.4 is 5.63 Å². The molecule has 0 amide bonds. The summed E-state index contributed by atoms with van der Waals surface area (Å²) in [6.07, 6.45) is 4.87. The molecule has 5 nitrogen and oxygen atoms in total. The molecule has 0 spiro atoms. The van der Waals surface area contributed by atoms with E-state index in [2.05, 4.69) is 4.90 Å². The van der Waals surface area contributed by atoms with Gasteiger partial charge in [-0.25, -0.2) is 4.79 Å². The predicted octanol–water partition coefficient (Wildman–Crippen LogP) is 2.80. The van der Waals surface area contributed by atoms with Crippen molar-refractivity contribution >= 4 is 11.0 Å². The highest BCUT2D eigenvalue weighted by Crippen LogP contribution is 2.31. The molecule has 1 aromatic carbocycles. The van der Waals surface area contributed by atoms with Crippen LogP contribution in [-0.4, -0.2) is 34.3 Å². The van der Waals surface area contributed by atoms with E-state index in [0.29, 0.717) is 18.2 Å². The Morgan fingerprint density at radius 3 is 2.67 bits per heavy atom. The lowest BCUT2D eigenvalue weighted by Crippen LogP contribution is -2.27. The highest BCUT2D eigenvalue weighted by atomic mass is 16.4. The molecule has 1 heterocycles. The van der Waals surface area contributed by atoms with Crippen LogP contribution in [0.25, 0.3) is 11.0 Å². The highest BCUT2D eigenvalue weighted by Gasteiger charge is 2.29. The normalized spacial score (nSPS) is 14.6. The molecule has 0 saturated heterocycles. The summed E-state index contributed by atoms with van der Waals surface area (Å²) in [5, 5.41) is 19.9. The lowest BCUT2D eigenvalue weighted by Gasteiger charge is -2.22. The SMILES string of the molecule is CCc1cc2c(CN(CCCCO)C3CC3)cc(=O)oc2cc1O. The van der Waals surface area contributed by atoms with Gasteiger partial charge in [0.15, 0.2) is 0 Å². The molecule has 2 N–H and O–H groups in total. The number of rotatable bonds is 8. The number of nitrogens with zero attached hydrogens (tertiary/aromatic N) is 1. The first-order chi connectivity index (χ1) is 11.6. The molecule has 1 aromatic heterocycles. The van der Waals surface area contributed by atoms with Crippen molar-refractivity contribution in [2.75, 3.05) is 13.2 Å². The molecule has 1 aliphatic rings. The first-order valence-corrected chi connectivity index (χ1v) is 8.76. The molecule has 2 aromatic rings. The van der Waals surface area contributed by atoms with Gasteiger partial charge < -0.3 is 14.6 Å². The molecule has 130 valence electrons.